The van der Waals surface area contributed by atoms with E-state index in [0.717, 1.165) is 11.1 Å². The molecular formula is C21H27NO2. The number of hydrogen-bond donors (Lipinski definition) is 0. The molecule has 0 saturated heterocycles. The van der Waals surface area contributed by atoms with E-state index >= 15 is 0 Å². The third kappa shape index (κ3) is 3.58. The maximum Gasteiger partial charge on any atom is 0.147 e. The molecule has 0 spiro atoms. The summed E-state index contributed by atoms with van der Waals surface area (Å²) in [5.41, 5.74) is 1.14. The molecule has 0 bridgehead atoms. The number of ketones is 1. The van der Waals surface area contributed by atoms with Crippen molar-refractivity contribution in [3.8, 4) is 0 Å². The molecule has 3 nitrogen and oxygen atoms in total. The lowest BCUT2D eigenvalue weighted by molar-refractivity contribution is -0.865. The molecule has 1 unspecified atom stereocenters. The van der Waals surface area contributed by atoms with Crippen LogP contribution >= 0.6 is 0 Å². The quantitative estimate of drug-likeness (QED) is 0.562. The molecule has 0 heterocycles. The fourth-order valence-corrected chi connectivity index (χ4v) is 3.25. The fourth-order valence-electron chi connectivity index (χ4n) is 3.25. The summed E-state index contributed by atoms with van der Waals surface area (Å²) in [4.78, 5) is 13.2. The molecule has 0 amide bonds. The van der Waals surface area contributed by atoms with Crippen molar-refractivity contribution in [3.05, 3.63) is 77.0 Å². The van der Waals surface area contributed by atoms with Crippen LogP contribution in [0.3, 0.4) is 0 Å². The van der Waals surface area contributed by atoms with E-state index in [-0.39, 0.29) is 11.8 Å². The normalized spacial score (nSPS) is 13.5. The van der Waals surface area contributed by atoms with Gasteiger partial charge >= 0.3 is 0 Å². The summed E-state index contributed by atoms with van der Waals surface area (Å²) in [6, 6.07) is 19.5. The van der Waals surface area contributed by atoms with Crippen LogP contribution in [0.5, 0.6) is 0 Å². The van der Waals surface area contributed by atoms with Crippen LogP contribution < -0.4 is 0 Å². The molecule has 2 aromatic rings. The van der Waals surface area contributed by atoms with E-state index in [1.165, 1.54) is 0 Å². The average Bonchev–Trinajstić information content (AvgIpc) is 2.59. The first-order valence-corrected chi connectivity index (χ1v) is 8.51. The van der Waals surface area contributed by atoms with Gasteiger partial charge in [0, 0.05) is 12.8 Å². The first kappa shape index (κ1) is 18.4. The Morgan fingerprint density at radius 2 is 1.42 bits per heavy atom. The monoisotopic (exact) mass is 325 g/mol. The molecule has 0 radical (unpaired) electrons. The molecule has 0 aliphatic carbocycles. The number of carbonyl (C=O) groups excluding carboxylic acids is 1. The molecule has 0 aliphatic rings. The minimum atomic E-state index is -0.781. The SMILES string of the molecule is CCC(=O)C(CC(C)[N+](C)(C)[O-])(c1ccccc1)c1ccccc1. The lowest BCUT2D eigenvalue weighted by atomic mass is 9.67. The molecule has 2 rings (SSSR count). The van der Waals surface area contributed by atoms with Gasteiger partial charge in [-0.1, -0.05) is 67.6 Å². The molecule has 1 atom stereocenters. The Morgan fingerprint density at radius 3 is 1.75 bits per heavy atom. The van der Waals surface area contributed by atoms with Gasteiger partial charge in [-0.05, 0) is 18.1 Å². The summed E-state index contributed by atoms with van der Waals surface area (Å²) in [5.74, 6) is 0.153. The molecular weight excluding hydrogens is 298 g/mol. The second kappa shape index (κ2) is 7.29. The van der Waals surface area contributed by atoms with Gasteiger partial charge in [-0.2, -0.15) is 0 Å². The Morgan fingerprint density at radius 1 is 1.00 bits per heavy atom. The van der Waals surface area contributed by atoms with Crippen LogP contribution in [-0.4, -0.2) is 30.6 Å². The summed E-state index contributed by atoms with van der Waals surface area (Å²) < 4.78 is -0.418. The minimum absolute atomic E-state index is 0.153. The van der Waals surface area contributed by atoms with E-state index in [2.05, 4.69) is 0 Å². The Balaban J connectivity index is 2.68. The topological polar surface area (TPSA) is 40.1 Å². The standard InChI is InChI=1S/C21H27NO2/c1-5-20(23)21(16-17(2)22(3,4)24,18-12-8-6-9-13-18)19-14-10-7-11-15-19/h6-15,17H,5,16H2,1-4H3. The Bertz CT molecular complexity index is 620. The number of hydroxylamine groups is 3. The van der Waals surface area contributed by atoms with Crippen molar-refractivity contribution >= 4 is 5.78 Å². The second-order valence-corrected chi connectivity index (χ2v) is 6.90. The molecule has 0 N–H and O–H groups in total. The van der Waals surface area contributed by atoms with Crippen molar-refractivity contribution < 1.29 is 9.44 Å². The predicted octanol–water partition coefficient (Wildman–Crippen LogP) is 4.30. The molecule has 2 aromatic carbocycles. The van der Waals surface area contributed by atoms with Crippen molar-refractivity contribution in [2.24, 2.45) is 0 Å². The van der Waals surface area contributed by atoms with Crippen molar-refractivity contribution in [3.63, 3.8) is 0 Å². The Labute approximate surface area is 145 Å². The van der Waals surface area contributed by atoms with Crippen molar-refractivity contribution in [2.45, 2.75) is 38.1 Å². The largest absolute Gasteiger partial charge is 0.633 e. The maximum atomic E-state index is 13.2. The third-order valence-corrected chi connectivity index (χ3v) is 4.99. The highest BCUT2D eigenvalue weighted by molar-refractivity contribution is 5.93. The van der Waals surface area contributed by atoms with Crippen molar-refractivity contribution in [2.75, 3.05) is 14.1 Å². The lowest BCUT2D eigenvalue weighted by Crippen LogP contribution is -2.48. The van der Waals surface area contributed by atoms with E-state index in [9.17, 15) is 10.0 Å². The summed E-state index contributed by atoms with van der Waals surface area (Å²) >= 11 is 0. The van der Waals surface area contributed by atoms with Gasteiger partial charge in [0.1, 0.15) is 5.78 Å². The molecule has 3 heteroatoms. The van der Waals surface area contributed by atoms with Crippen LogP contribution in [0.25, 0.3) is 0 Å². The van der Waals surface area contributed by atoms with Crippen LogP contribution in [0.15, 0.2) is 60.7 Å². The summed E-state index contributed by atoms with van der Waals surface area (Å²) in [5, 5.41) is 12.5. The number of benzene rings is 2. The second-order valence-electron chi connectivity index (χ2n) is 6.90. The van der Waals surface area contributed by atoms with E-state index in [1.54, 1.807) is 14.1 Å². The summed E-state index contributed by atoms with van der Waals surface area (Å²) in [6.45, 7) is 3.82. The van der Waals surface area contributed by atoms with Crippen molar-refractivity contribution in [1.29, 1.82) is 0 Å². The van der Waals surface area contributed by atoms with E-state index < -0.39 is 10.1 Å². The van der Waals surface area contributed by atoms with Gasteiger partial charge < -0.3 is 9.85 Å². The van der Waals surface area contributed by atoms with Gasteiger partial charge in [-0.3, -0.25) is 4.79 Å². The van der Waals surface area contributed by atoms with Crippen LogP contribution in [-0.2, 0) is 10.2 Å². The van der Waals surface area contributed by atoms with Gasteiger partial charge in [0.15, 0.2) is 0 Å². The molecule has 24 heavy (non-hydrogen) atoms. The highest BCUT2D eigenvalue weighted by atomic mass is 16.5. The van der Waals surface area contributed by atoms with E-state index in [1.807, 2.05) is 74.5 Å². The molecule has 128 valence electrons. The highest BCUT2D eigenvalue weighted by Crippen LogP contribution is 2.40. The van der Waals surface area contributed by atoms with Gasteiger partial charge in [-0.15, -0.1) is 0 Å². The van der Waals surface area contributed by atoms with E-state index in [0.29, 0.717) is 12.8 Å². The zero-order chi connectivity index (χ0) is 17.8. The number of rotatable bonds is 7. The molecule has 0 saturated carbocycles. The Hall–Kier alpha value is -1.97. The lowest BCUT2D eigenvalue weighted by Gasteiger charge is -2.45. The zero-order valence-electron chi connectivity index (χ0n) is 15.0. The average molecular weight is 325 g/mol. The maximum absolute atomic E-state index is 13.2. The number of carbonyl (C=O) groups is 1. The van der Waals surface area contributed by atoms with Gasteiger partial charge in [0.2, 0.25) is 0 Å². The first-order valence-electron chi connectivity index (χ1n) is 8.51. The summed E-state index contributed by atoms with van der Waals surface area (Å²) in [7, 11) is 3.28. The zero-order valence-corrected chi connectivity index (χ0v) is 15.0. The van der Waals surface area contributed by atoms with Gasteiger partial charge in [-0.25, -0.2) is 0 Å². The van der Waals surface area contributed by atoms with Crippen LogP contribution in [0.1, 0.15) is 37.8 Å². The predicted molar refractivity (Wildman–Crippen MR) is 98.5 cm³/mol. The Kier molecular flexibility index (Phi) is 5.58. The van der Waals surface area contributed by atoms with Crippen LogP contribution in [0, 0.1) is 5.21 Å². The number of quaternary nitrogens is 1. The van der Waals surface area contributed by atoms with Crippen molar-refractivity contribution in [1.82, 2.24) is 0 Å². The molecule has 0 aliphatic heterocycles. The van der Waals surface area contributed by atoms with E-state index in [4.69, 9.17) is 0 Å². The van der Waals surface area contributed by atoms with Crippen LogP contribution in [0.4, 0.5) is 0 Å². The molecule has 0 fully saturated rings. The van der Waals surface area contributed by atoms with Gasteiger partial charge in [0.25, 0.3) is 0 Å². The smallest absolute Gasteiger partial charge is 0.147 e. The number of Topliss-reactive ketones (excluding diaryl/α,β-unsaturated/α-hetero) is 1. The van der Waals surface area contributed by atoms with Crippen LogP contribution in [0.2, 0.25) is 0 Å². The fraction of sp³-hybridized carbons (Fsp3) is 0.381. The highest BCUT2D eigenvalue weighted by Gasteiger charge is 2.43. The van der Waals surface area contributed by atoms with Gasteiger partial charge in [0.05, 0.1) is 25.6 Å². The molecule has 0 aromatic heterocycles. The number of hydrogen-bond acceptors (Lipinski definition) is 2. The third-order valence-electron chi connectivity index (χ3n) is 4.99. The first-order chi connectivity index (χ1) is 11.3. The summed E-state index contributed by atoms with van der Waals surface area (Å²) in [6.07, 6.45) is 0.924. The minimum Gasteiger partial charge on any atom is -0.633 e. The number of nitrogens with zero attached hydrogens (tertiary/aromatic N) is 1.